The van der Waals surface area contributed by atoms with Gasteiger partial charge in [0.25, 0.3) is 0 Å². The van der Waals surface area contributed by atoms with E-state index in [1.807, 2.05) is 6.92 Å². The number of allylic oxidation sites excluding steroid dienone is 2. The summed E-state index contributed by atoms with van der Waals surface area (Å²) in [6.45, 7) is 6.40. The molecular weight excluding hydrogens is 276 g/mol. The Bertz CT molecular complexity index is 522. The van der Waals surface area contributed by atoms with Crippen LogP contribution in [-0.2, 0) is 16.1 Å². The Hall–Kier alpha value is -1.29. The highest BCUT2D eigenvalue weighted by Crippen LogP contribution is 2.38. The van der Waals surface area contributed by atoms with Gasteiger partial charge in [0.1, 0.15) is 6.54 Å². The van der Waals surface area contributed by atoms with Crippen molar-refractivity contribution in [1.29, 1.82) is 0 Å². The first-order valence-electron chi connectivity index (χ1n) is 7.08. The summed E-state index contributed by atoms with van der Waals surface area (Å²) in [5.74, 6) is 0.565. The second-order valence-electron chi connectivity index (χ2n) is 5.27. The zero-order valence-corrected chi connectivity index (χ0v) is 13.0. The van der Waals surface area contributed by atoms with Crippen molar-refractivity contribution in [3.63, 3.8) is 0 Å². The first-order valence-corrected chi connectivity index (χ1v) is 7.45. The minimum atomic E-state index is -0.280. The van der Waals surface area contributed by atoms with Gasteiger partial charge in [0.2, 0.25) is 0 Å². The Morgan fingerprint density at radius 3 is 2.85 bits per heavy atom. The number of aromatic nitrogens is 2. The van der Waals surface area contributed by atoms with Crippen molar-refractivity contribution < 1.29 is 9.53 Å². The zero-order valence-electron chi connectivity index (χ0n) is 12.2. The summed E-state index contributed by atoms with van der Waals surface area (Å²) in [5.41, 5.74) is 1.74. The topological polar surface area (TPSA) is 44.1 Å². The van der Waals surface area contributed by atoms with Crippen LogP contribution in [0.5, 0.6) is 0 Å². The minimum Gasteiger partial charge on any atom is -0.465 e. The predicted molar refractivity (Wildman–Crippen MR) is 78.9 cm³/mol. The molecule has 0 N–H and O–H groups in total. The smallest absolute Gasteiger partial charge is 0.327 e. The molecular formula is C15H21ClN2O2. The van der Waals surface area contributed by atoms with Crippen LogP contribution in [0.3, 0.4) is 0 Å². The Labute approximate surface area is 124 Å². The number of hydrogen-bond acceptors (Lipinski definition) is 3. The summed E-state index contributed by atoms with van der Waals surface area (Å²) in [5, 5.41) is 5.24. The molecule has 1 heterocycles. The zero-order chi connectivity index (χ0) is 14.7. The molecule has 110 valence electrons. The van der Waals surface area contributed by atoms with Crippen molar-refractivity contribution in [2.75, 3.05) is 6.61 Å². The van der Waals surface area contributed by atoms with Gasteiger partial charge in [0.05, 0.1) is 23.0 Å². The Morgan fingerprint density at radius 1 is 1.50 bits per heavy atom. The lowest BCUT2D eigenvalue weighted by molar-refractivity contribution is -0.144. The van der Waals surface area contributed by atoms with Gasteiger partial charge in [-0.25, -0.2) is 0 Å². The van der Waals surface area contributed by atoms with Crippen molar-refractivity contribution in [3.05, 3.63) is 28.6 Å². The summed E-state index contributed by atoms with van der Waals surface area (Å²) in [7, 11) is 0. The van der Waals surface area contributed by atoms with Crippen LogP contribution in [0.4, 0.5) is 0 Å². The highest BCUT2D eigenvalue weighted by molar-refractivity contribution is 6.32. The third-order valence-electron chi connectivity index (χ3n) is 3.84. The van der Waals surface area contributed by atoms with Crippen molar-refractivity contribution in [2.24, 2.45) is 5.92 Å². The SMILES string of the molecule is CCOC(=O)Cn1nc(C2CC=CCC2C)c(Cl)c1C. The summed E-state index contributed by atoms with van der Waals surface area (Å²) in [4.78, 5) is 11.6. The summed E-state index contributed by atoms with van der Waals surface area (Å²) >= 11 is 6.41. The second kappa shape index (κ2) is 6.44. The van der Waals surface area contributed by atoms with Crippen LogP contribution in [0.1, 0.15) is 44.0 Å². The van der Waals surface area contributed by atoms with Gasteiger partial charge in [-0.2, -0.15) is 5.10 Å². The average molecular weight is 297 g/mol. The third kappa shape index (κ3) is 3.06. The molecule has 0 saturated heterocycles. The van der Waals surface area contributed by atoms with Gasteiger partial charge in [-0.1, -0.05) is 30.7 Å². The largest absolute Gasteiger partial charge is 0.465 e. The predicted octanol–water partition coefficient (Wildman–Crippen LogP) is 3.48. The van der Waals surface area contributed by atoms with E-state index in [0.29, 0.717) is 23.5 Å². The van der Waals surface area contributed by atoms with E-state index in [2.05, 4.69) is 24.2 Å². The van der Waals surface area contributed by atoms with E-state index >= 15 is 0 Å². The standard InChI is InChI=1S/C15H21ClN2O2/c1-4-20-13(19)9-18-11(3)14(16)15(17-18)12-8-6-5-7-10(12)2/h5-6,10,12H,4,7-9H2,1-3H3. The fourth-order valence-electron chi connectivity index (χ4n) is 2.60. The number of rotatable bonds is 4. The van der Waals surface area contributed by atoms with Crippen LogP contribution in [0, 0.1) is 12.8 Å². The molecule has 0 bridgehead atoms. The maximum absolute atomic E-state index is 11.6. The normalized spacial score (nSPS) is 22.0. The van der Waals surface area contributed by atoms with Crippen molar-refractivity contribution in [1.82, 2.24) is 9.78 Å². The van der Waals surface area contributed by atoms with Gasteiger partial charge in [-0.15, -0.1) is 0 Å². The lowest BCUT2D eigenvalue weighted by Gasteiger charge is -2.23. The van der Waals surface area contributed by atoms with Crippen LogP contribution in [0.15, 0.2) is 12.2 Å². The molecule has 0 radical (unpaired) electrons. The average Bonchev–Trinajstić information content (AvgIpc) is 2.68. The van der Waals surface area contributed by atoms with Crippen LogP contribution >= 0.6 is 11.6 Å². The molecule has 20 heavy (non-hydrogen) atoms. The number of halogens is 1. The molecule has 0 spiro atoms. The Balaban J connectivity index is 2.23. The molecule has 0 fully saturated rings. The molecule has 4 nitrogen and oxygen atoms in total. The third-order valence-corrected chi connectivity index (χ3v) is 4.31. The quantitative estimate of drug-likeness (QED) is 0.631. The van der Waals surface area contributed by atoms with Crippen LogP contribution in [0.25, 0.3) is 0 Å². The molecule has 5 heteroatoms. The van der Waals surface area contributed by atoms with Gasteiger partial charge in [-0.05, 0) is 32.6 Å². The maximum atomic E-state index is 11.6. The first-order chi connectivity index (χ1) is 9.54. The van der Waals surface area contributed by atoms with Gasteiger partial charge in [0.15, 0.2) is 0 Å². The number of carbonyl (C=O) groups excluding carboxylic acids is 1. The van der Waals surface area contributed by atoms with E-state index in [1.54, 1.807) is 11.6 Å². The fourth-order valence-corrected chi connectivity index (χ4v) is 2.87. The molecule has 1 aliphatic rings. The molecule has 1 aromatic rings. The lowest BCUT2D eigenvalue weighted by atomic mass is 9.82. The highest BCUT2D eigenvalue weighted by Gasteiger charge is 2.27. The molecule has 2 atom stereocenters. The molecule has 1 aliphatic carbocycles. The van der Waals surface area contributed by atoms with E-state index in [1.165, 1.54) is 0 Å². The van der Waals surface area contributed by atoms with Crippen molar-refractivity contribution >= 4 is 17.6 Å². The van der Waals surface area contributed by atoms with E-state index in [4.69, 9.17) is 16.3 Å². The Morgan fingerprint density at radius 2 is 2.20 bits per heavy atom. The lowest BCUT2D eigenvalue weighted by Crippen LogP contribution is -2.17. The molecule has 0 aliphatic heterocycles. The van der Waals surface area contributed by atoms with Crippen molar-refractivity contribution in [3.8, 4) is 0 Å². The number of ether oxygens (including phenoxy) is 1. The van der Waals surface area contributed by atoms with Crippen LogP contribution < -0.4 is 0 Å². The first kappa shape index (κ1) is 15.1. The minimum absolute atomic E-state index is 0.121. The molecule has 1 aromatic heterocycles. The maximum Gasteiger partial charge on any atom is 0.327 e. The molecule has 2 unspecified atom stereocenters. The van der Waals surface area contributed by atoms with E-state index in [9.17, 15) is 4.79 Å². The van der Waals surface area contributed by atoms with E-state index < -0.39 is 0 Å². The molecule has 0 saturated carbocycles. The van der Waals surface area contributed by atoms with E-state index in [-0.39, 0.29) is 12.5 Å². The Kier molecular flexibility index (Phi) is 4.86. The number of hydrogen-bond donors (Lipinski definition) is 0. The monoisotopic (exact) mass is 296 g/mol. The van der Waals surface area contributed by atoms with Crippen LogP contribution in [-0.4, -0.2) is 22.4 Å². The van der Waals surface area contributed by atoms with Gasteiger partial charge in [-0.3, -0.25) is 9.48 Å². The number of nitrogens with zero attached hydrogens (tertiary/aromatic N) is 2. The highest BCUT2D eigenvalue weighted by atomic mass is 35.5. The fraction of sp³-hybridized carbons (Fsp3) is 0.600. The second-order valence-corrected chi connectivity index (χ2v) is 5.65. The summed E-state index contributed by atoms with van der Waals surface area (Å²) in [6.07, 6.45) is 6.39. The molecule has 0 aromatic carbocycles. The number of esters is 1. The number of carbonyl (C=O) groups is 1. The molecule has 2 rings (SSSR count). The van der Waals surface area contributed by atoms with Crippen LogP contribution in [0.2, 0.25) is 5.02 Å². The molecule has 0 amide bonds. The van der Waals surface area contributed by atoms with Gasteiger partial charge in [0, 0.05) is 5.92 Å². The summed E-state index contributed by atoms with van der Waals surface area (Å²) in [6, 6.07) is 0. The van der Waals surface area contributed by atoms with Crippen molar-refractivity contribution in [2.45, 2.75) is 46.1 Å². The summed E-state index contributed by atoms with van der Waals surface area (Å²) < 4.78 is 6.62. The van der Waals surface area contributed by atoms with E-state index in [0.717, 1.165) is 24.2 Å². The van der Waals surface area contributed by atoms with Gasteiger partial charge >= 0.3 is 5.97 Å². The van der Waals surface area contributed by atoms with Gasteiger partial charge < -0.3 is 4.74 Å².